The van der Waals surface area contributed by atoms with Crippen molar-refractivity contribution in [3.63, 3.8) is 0 Å². The summed E-state index contributed by atoms with van der Waals surface area (Å²) in [7, 11) is -0.776. The predicted octanol–water partition coefficient (Wildman–Crippen LogP) is 11.7. The minimum absolute atomic E-state index is 0.776. The molecule has 0 saturated heterocycles. The number of hydrogen-bond donors (Lipinski definition) is 0. The molecule has 0 aromatic rings. The Balaban J connectivity index is 3.02. The lowest BCUT2D eigenvalue weighted by Gasteiger charge is -2.14. The van der Waals surface area contributed by atoms with Gasteiger partial charge < -0.3 is 0 Å². The third-order valence-electron chi connectivity index (χ3n) is 6.78. The highest BCUT2D eigenvalue weighted by Crippen LogP contribution is 2.17. The maximum Gasteiger partial charge on any atom is 0.0442 e. The quantitative estimate of drug-likeness (QED) is 0.0981. The topological polar surface area (TPSA) is 0 Å². The van der Waals surface area contributed by atoms with E-state index in [-0.39, 0.29) is 0 Å². The largest absolute Gasteiger partial charge is 0.0695 e. The molecule has 0 atom stereocenters. The molecule has 0 aliphatic heterocycles. The summed E-state index contributed by atoms with van der Waals surface area (Å²) in [6, 6.07) is 1.53. The van der Waals surface area contributed by atoms with Crippen molar-refractivity contribution in [1.29, 1.82) is 0 Å². The first-order valence-corrected chi connectivity index (χ1v) is 18.3. The first-order valence-electron chi connectivity index (χ1n) is 14.6. The van der Waals surface area contributed by atoms with Crippen molar-refractivity contribution in [3.05, 3.63) is 0 Å². The zero-order valence-corrected chi connectivity index (χ0v) is 23.2. The highest BCUT2D eigenvalue weighted by molar-refractivity contribution is 6.76. The molecule has 0 amide bonds. The molecule has 0 aromatic heterocycles. The second kappa shape index (κ2) is 23.9. The van der Waals surface area contributed by atoms with Crippen LogP contribution < -0.4 is 0 Å². The molecule has 0 unspecified atom stereocenters. The van der Waals surface area contributed by atoms with E-state index in [1.165, 1.54) is 160 Å². The van der Waals surface area contributed by atoms with Crippen molar-refractivity contribution in [3.8, 4) is 0 Å². The summed E-state index contributed by atoms with van der Waals surface area (Å²) < 4.78 is 0. The van der Waals surface area contributed by atoms with Gasteiger partial charge in [0.05, 0.1) is 0 Å². The average Bonchev–Trinajstić information content (AvgIpc) is 2.70. The molecule has 0 aliphatic rings. The summed E-state index contributed by atoms with van der Waals surface area (Å²) in [5.74, 6) is 0. The summed E-state index contributed by atoms with van der Waals surface area (Å²) in [5, 5.41) is 0. The van der Waals surface area contributed by atoms with Gasteiger partial charge >= 0.3 is 0 Å². The van der Waals surface area contributed by atoms with Crippen molar-refractivity contribution in [2.75, 3.05) is 0 Å². The third-order valence-corrected chi connectivity index (χ3v) is 8.63. The van der Waals surface area contributed by atoms with E-state index in [1.54, 1.807) is 0 Å². The van der Waals surface area contributed by atoms with Crippen LogP contribution in [-0.2, 0) is 0 Å². The van der Waals surface area contributed by atoms with Crippen molar-refractivity contribution in [2.24, 2.45) is 0 Å². The molecule has 0 radical (unpaired) electrons. The summed E-state index contributed by atoms with van der Waals surface area (Å²) in [6.07, 6.45) is 35.6. The highest BCUT2D eigenvalue weighted by Gasteiger charge is 2.11. The van der Waals surface area contributed by atoms with Crippen LogP contribution in [0, 0.1) is 0 Å². The molecular weight excluding hydrogens is 376 g/mol. The van der Waals surface area contributed by atoms with Crippen LogP contribution in [0.1, 0.15) is 161 Å². The first-order chi connectivity index (χ1) is 14.6. The zero-order chi connectivity index (χ0) is 22.2. The van der Waals surface area contributed by atoms with E-state index in [1.807, 2.05) is 0 Å². The fourth-order valence-electron chi connectivity index (χ4n) is 4.62. The van der Waals surface area contributed by atoms with Crippen molar-refractivity contribution >= 4 is 8.07 Å². The standard InChI is InChI=1S/C29H62Si/c1-5-6-7-8-9-10-11-12-13-14-15-16-17-18-19-20-21-22-23-24-25-26-27-28-29-30(2,3)4/h5-29H2,1-4H3. The average molecular weight is 439 g/mol. The van der Waals surface area contributed by atoms with Crippen molar-refractivity contribution in [2.45, 2.75) is 187 Å². The van der Waals surface area contributed by atoms with Gasteiger partial charge in [0.15, 0.2) is 0 Å². The second-order valence-electron chi connectivity index (χ2n) is 11.4. The van der Waals surface area contributed by atoms with Crippen LogP contribution in [0.2, 0.25) is 25.7 Å². The van der Waals surface area contributed by atoms with E-state index in [2.05, 4.69) is 26.6 Å². The van der Waals surface area contributed by atoms with Gasteiger partial charge in [-0.25, -0.2) is 0 Å². The molecule has 0 fully saturated rings. The number of hydrogen-bond acceptors (Lipinski definition) is 0. The first kappa shape index (κ1) is 30.2. The minimum Gasteiger partial charge on any atom is -0.0695 e. The molecule has 182 valence electrons. The Kier molecular flexibility index (Phi) is 24.0. The molecule has 0 aliphatic carbocycles. The van der Waals surface area contributed by atoms with Gasteiger partial charge in [-0.15, -0.1) is 0 Å². The normalized spacial score (nSPS) is 12.0. The van der Waals surface area contributed by atoms with Gasteiger partial charge in [0.1, 0.15) is 0 Å². The van der Waals surface area contributed by atoms with Crippen LogP contribution in [0.3, 0.4) is 0 Å². The molecule has 0 aromatic carbocycles. The maximum absolute atomic E-state index is 2.51. The van der Waals surface area contributed by atoms with Crippen molar-refractivity contribution < 1.29 is 0 Å². The predicted molar refractivity (Wildman–Crippen MR) is 145 cm³/mol. The van der Waals surface area contributed by atoms with Gasteiger partial charge in [0, 0.05) is 8.07 Å². The summed E-state index contributed by atoms with van der Waals surface area (Å²) in [4.78, 5) is 0. The summed E-state index contributed by atoms with van der Waals surface area (Å²) >= 11 is 0. The molecule has 0 nitrogen and oxygen atoms in total. The van der Waals surface area contributed by atoms with E-state index in [9.17, 15) is 0 Å². The Labute approximate surface area is 194 Å². The minimum atomic E-state index is -0.776. The van der Waals surface area contributed by atoms with Crippen molar-refractivity contribution in [1.82, 2.24) is 0 Å². The van der Waals surface area contributed by atoms with E-state index in [0.717, 1.165) is 0 Å². The van der Waals surface area contributed by atoms with Gasteiger partial charge in [-0.2, -0.15) is 0 Å². The van der Waals surface area contributed by atoms with Crippen LogP contribution in [-0.4, -0.2) is 8.07 Å². The smallest absolute Gasteiger partial charge is 0.0442 e. The van der Waals surface area contributed by atoms with E-state index >= 15 is 0 Å². The highest BCUT2D eigenvalue weighted by atomic mass is 28.3. The lowest BCUT2D eigenvalue weighted by Crippen LogP contribution is -2.18. The number of unbranched alkanes of at least 4 members (excludes halogenated alkanes) is 23. The molecule has 0 spiro atoms. The molecular formula is C29H62Si. The second-order valence-corrected chi connectivity index (χ2v) is 17.1. The fraction of sp³-hybridized carbons (Fsp3) is 1.00. The Bertz CT molecular complexity index is 304. The number of rotatable bonds is 25. The Hall–Kier alpha value is 0.217. The molecule has 0 bridgehead atoms. The summed E-state index contributed by atoms with van der Waals surface area (Å²) in [5.41, 5.74) is 0. The van der Waals surface area contributed by atoms with E-state index < -0.39 is 8.07 Å². The van der Waals surface area contributed by atoms with Crippen LogP contribution in [0.5, 0.6) is 0 Å². The summed E-state index contributed by atoms with van der Waals surface area (Å²) in [6.45, 7) is 9.82. The van der Waals surface area contributed by atoms with Gasteiger partial charge in [0.2, 0.25) is 0 Å². The lowest BCUT2D eigenvalue weighted by molar-refractivity contribution is 0.517. The van der Waals surface area contributed by atoms with Crippen LogP contribution in [0.25, 0.3) is 0 Å². The maximum atomic E-state index is 2.51. The van der Waals surface area contributed by atoms with Crippen LogP contribution in [0.4, 0.5) is 0 Å². The molecule has 30 heavy (non-hydrogen) atoms. The third kappa shape index (κ3) is 28.2. The molecule has 0 rings (SSSR count). The van der Waals surface area contributed by atoms with Gasteiger partial charge in [0.25, 0.3) is 0 Å². The lowest BCUT2D eigenvalue weighted by atomic mass is 10.0. The Morgan fingerprint density at radius 1 is 0.300 bits per heavy atom. The Morgan fingerprint density at radius 2 is 0.500 bits per heavy atom. The van der Waals surface area contributed by atoms with Gasteiger partial charge in [-0.3, -0.25) is 0 Å². The van der Waals surface area contributed by atoms with E-state index in [0.29, 0.717) is 0 Å². The zero-order valence-electron chi connectivity index (χ0n) is 22.2. The monoisotopic (exact) mass is 438 g/mol. The molecule has 1 heteroatoms. The molecule has 0 N–H and O–H groups in total. The van der Waals surface area contributed by atoms with Gasteiger partial charge in [-0.05, 0) is 0 Å². The van der Waals surface area contributed by atoms with E-state index in [4.69, 9.17) is 0 Å². The van der Waals surface area contributed by atoms with Crippen LogP contribution in [0.15, 0.2) is 0 Å². The SMILES string of the molecule is CCCCCCCCCCCCCCCCCCCCCCCCCC[Si](C)(C)C. The fourth-order valence-corrected chi connectivity index (χ4v) is 5.93. The Morgan fingerprint density at radius 3 is 0.700 bits per heavy atom. The molecule has 0 heterocycles. The molecule has 0 saturated carbocycles. The van der Waals surface area contributed by atoms with Crippen LogP contribution >= 0.6 is 0 Å². The van der Waals surface area contributed by atoms with Gasteiger partial charge in [-0.1, -0.05) is 187 Å².